The van der Waals surface area contributed by atoms with Crippen LogP contribution in [0, 0.1) is 11.7 Å². The second-order valence-corrected chi connectivity index (χ2v) is 9.37. The Balaban J connectivity index is 1.08. The van der Waals surface area contributed by atoms with Crippen LogP contribution < -0.4 is 10.9 Å². The van der Waals surface area contributed by atoms with Crippen molar-refractivity contribution >= 4 is 17.2 Å². The number of amides is 1. The van der Waals surface area contributed by atoms with E-state index in [2.05, 4.69) is 25.9 Å². The van der Waals surface area contributed by atoms with Crippen molar-refractivity contribution in [3.8, 4) is 10.7 Å². The molecule has 0 spiro atoms. The maximum absolute atomic E-state index is 13.3. The number of nitrogens with one attached hydrogen (secondary N) is 2. The highest BCUT2D eigenvalue weighted by Crippen LogP contribution is 2.27. The molecule has 0 bridgehead atoms. The topological polar surface area (TPSA) is 86.5 Å². The SMILES string of the molecule is O=C(C1CNNC1c1ccc(F)cc1)N1CCN(CCCc2nc(-c3cccs3)no2)CC1. The first-order valence-electron chi connectivity index (χ1n) is 11.3. The molecule has 2 aliphatic rings. The van der Waals surface area contributed by atoms with Crippen LogP contribution in [0.4, 0.5) is 4.39 Å². The number of rotatable bonds is 7. The Bertz CT molecular complexity index is 1050. The number of hydrogen-bond acceptors (Lipinski definition) is 8. The van der Waals surface area contributed by atoms with E-state index in [1.165, 1.54) is 12.1 Å². The third-order valence-electron chi connectivity index (χ3n) is 6.29. The van der Waals surface area contributed by atoms with Gasteiger partial charge in [-0.1, -0.05) is 23.4 Å². The Morgan fingerprint density at radius 1 is 1.18 bits per heavy atom. The molecule has 2 saturated heterocycles. The third-order valence-corrected chi connectivity index (χ3v) is 7.15. The van der Waals surface area contributed by atoms with E-state index < -0.39 is 0 Å². The number of piperazine rings is 1. The molecular weight excluding hydrogens is 443 g/mol. The van der Waals surface area contributed by atoms with E-state index in [0.717, 1.165) is 42.9 Å². The Kier molecular flexibility index (Phi) is 6.77. The highest BCUT2D eigenvalue weighted by atomic mass is 32.1. The molecule has 2 atom stereocenters. The van der Waals surface area contributed by atoms with Crippen molar-refractivity contribution in [1.82, 2.24) is 30.8 Å². The first-order valence-corrected chi connectivity index (χ1v) is 12.2. The molecule has 2 aliphatic heterocycles. The van der Waals surface area contributed by atoms with Crippen molar-refractivity contribution < 1.29 is 13.7 Å². The van der Waals surface area contributed by atoms with Gasteiger partial charge in [-0.3, -0.25) is 15.1 Å². The van der Waals surface area contributed by atoms with Gasteiger partial charge in [0.05, 0.1) is 16.8 Å². The van der Waals surface area contributed by atoms with E-state index in [-0.39, 0.29) is 23.7 Å². The molecule has 2 N–H and O–H groups in total. The number of hydrogen-bond donors (Lipinski definition) is 2. The van der Waals surface area contributed by atoms with E-state index in [1.807, 2.05) is 22.4 Å². The third kappa shape index (κ3) is 5.14. The minimum Gasteiger partial charge on any atom is -0.340 e. The van der Waals surface area contributed by atoms with Crippen LogP contribution in [0.2, 0.25) is 0 Å². The fraction of sp³-hybridized carbons (Fsp3) is 0.435. The van der Waals surface area contributed by atoms with Gasteiger partial charge in [0.25, 0.3) is 0 Å². The molecule has 2 unspecified atom stereocenters. The zero-order chi connectivity index (χ0) is 22.6. The van der Waals surface area contributed by atoms with Crippen molar-refractivity contribution in [2.75, 3.05) is 39.3 Å². The van der Waals surface area contributed by atoms with Gasteiger partial charge in [-0.05, 0) is 42.1 Å². The molecule has 5 rings (SSSR count). The van der Waals surface area contributed by atoms with Crippen LogP contribution in [0.15, 0.2) is 46.3 Å². The van der Waals surface area contributed by atoms with E-state index in [1.54, 1.807) is 23.5 Å². The van der Waals surface area contributed by atoms with Gasteiger partial charge in [0, 0.05) is 39.1 Å². The van der Waals surface area contributed by atoms with Gasteiger partial charge in [-0.15, -0.1) is 11.3 Å². The monoisotopic (exact) mass is 470 g/mol. The average molecular weight is 471 g/mol. The van der Waals surface area contributed by atoms with Crippen molar-refractivity contribution in [2.24, 2.45) is 5.92 Å². The van der Waals surface area contributed by atoms with Crippen LogP contribution in [-0.2, 0) is 11.2 Å². The lowest BCUT2D eigenvalue weighted by Crippen LogP contribution is -2.51. The quantitative estimate of drug-likeness (QED) is 0.549. The smallest absolute Gasteiger partial charge is 0.229 e. The fourth-order valence-electron chi connectivity index (χ4n) is 4.46. The number of carbonyl (C=O) groups excluding carboxylic acids is 1. The first-order chi connectivity index (χ1) is 16.2. The number of thiophene rings is 1. The number of hydrazine groups is 1. The normalized spacial score (nSPS) is 21.5. The molecule has 33 heavy (non-hydrogen) atoms. The summed E-state index contributed by atoms with van der Waals surface area (Å²) >= 11 is 1.60. The van der Waals surface area contributed by atoms with Crippen LogP contribution >= 0.6 is 11.3 Å². The Morgan fingerprint density at radius 2 is 2.00 bits per heavy atom. The highest BCUT2D eigenvalue weighted by Gasteiger charge is 2.37. The molecule has 0 aliphatic carbocycles. The summed E-state index contributed by atoms with van der Waals surface area (Å²) < 4.78 is 18.7. The van der Waals surface area contributed by atoms with E-state index in [0.29, 0.717) is 31.3 Å². The van der Waals surface area contributed by atoms with Gasteiger partial charge < -0.3 is 9.42 Å². The molecule has 4 heterocycles. The number of aromatic nitrogens is 2. The number of halogens is 1. The Labute approximate surface area is 195 Å². The summed E-state index contributed by atoms with van der Waals surface area (Å²) in [5.74, 6) is 0.999. The first kappa shape index (κ1) is 22.1. The second kappa shape index (κ2) is 10.1. The molecule has 174 valence electrons. The number of aryl methyl sites for hydroxylation is 1. The molecule has 2 fully saturated rings. The molecule has 3 aromatic rings. The lowest BCUT2D eigenvalue weighted by Gasteiger charge is -2.36. The number of carbonyl (C=O) groups is 1. The molecule has 1 aromatic carbocycles. The molecule has 0 saturated carbocycles. The standard InChI is InChI=1S/C23H27FN6O2S/c24-17-7-5-16(6-8-17)21-18(15-25-27-21)23(31)30-12-10-29(11-13-30)9-1-4-20-26-22(28-32-20)19-3-2-14-33-19/h2-3,5-8,14,18,21,25,27H,1,4,9-13,15H2. The van der Waals surface area contributed by atoms with Crippen LogP contribution in [-0.4, -0.2) is 65.1 Å². The van der Waals surface area contributed by atoms with Crippen LogP contribution in [0.1, 0.15) is 23.9 Å². The summed E-state index contributed by atoms with van der Waals surface area (Å²) in [7, 11) is 0. The molecule has 8 nitrogen and oxygen atoms in total. The summed E-state index contributed by atoms with van der Waals surface area (Å²) in [6.45, 7) is 4.64. The van der Waals surface area contributed by atoms with Crippen molar-refractivity contribution in [2.45, 2.75) is 18.9 Å². The van der Waals surface area contributed by atoms with E-state index in [9.17, 15) is 9.18 Å². The number of benzene rings is 1. The zero-order valence-electron chi connectivity index (χ0n) is 18.2. The van der Waals surface area contributed by atoms with Crippen LogP contribution in [0.25, 0.3) is 10.7 Å². The largest absolute Gasteiger partial charge is 0.340 e. The van der Waals surface area contributed by atoms with Gasteiger partial charge in [0.2, 0.25) is 17.6 Å². The maximum Gasteiger partial charge on any atom is 0.229 e. The lowest BCUT2D eigenvalue weighted by atomic mass is 9.93. The zero-order valence-corrected chi connectivity index (χ0v) is 19.1. The molecule has 10 heteroatoms. The van der Waals surface area contributed by atoms with Crippen LogP contribution in [0.5, 0.6) is 0 Å². The summed E-state index contributed by atoms with van der Waals surface area (Å²) in [5, 5.41) is 6.06. The van der Waals surface area contributed by atoms with Gasteiger partial charge in [0.15, 0.2) is 0 Å². The molecular formula is C23H27FN6O2S. The minimum atomic E-state index is -0.272. The summed E-state index contributed by atoms with van der Waals surface area (Å²) in [6, 6.07) is 10.2. The van der Waals surface area contributed by atoms with Gasteiger partial charge in [-0.2, -0.15) is 4.98 Å². The second-order valence-electron chi connectivity index (χ2n) is 8.42. The summed E-state index contributed by atoms with van der Waals surface area (Å²) in [6.07, 6.45) is 1.68. The van der Waals surface area contributed by atoms with Gasteiger partial charge in [-0.25, -0.2) is 9.82 Å². The molecule has 2 aromatic heterocycles. The van der Waals surface area contributed by atoms with Crippen LogP contribution in [0.3, 0.4) is 0 Å². The van der Waals surface area contributed by atoms with E-state index in [4.69, 9.17) is 4.52 Å². The summed E-state index contributed by atoms with van der Waals surface area (Å²) in [5.41, 5.74) is 7.19. The van der Waals surface area contributed by atoms with Crippen molar-refractivity contribution in [3.05, 3.63) is 59.0 Å². The van der Waals surface area contributed by atoms with E-state index >= 15 is 0 Å². The molecule has 1 amide bonds. The summed E-state index contributed by atoms with van der Waals surface area (Å²) in [4.78, 5) is 23.0. The fourth-order valence-corrected chi connectivity index (χ4v) is 5.10. The predicted octanol–water partition coefficient (Wildman–Crippen LogP) is 2.48. The molecule has 0 radical (unpaired) electrons. The minimum absolute atomic E-state index is 0.147. The Morgan fingerprint density at radius 3 is 2.76 bits per heavy atom. The highest BCUT2D eigenvalue weighted by molar-refractivity contribution is 7.13. The van der Waals surface area contributed by atoms with Gasteiger partial charge >= 0.3 is 0 Å². The average Bonchev–Trinajstić information content (AvgIpc) is 3.61. The predicted molar refractivity (Wildman–Crippen MR) is 123 cm³/mol. The maximum atomic E-state index is 13.3. The van der Waals surface area contributed by atoms with Crippen molar-refractivity contribution in [1.29, 1.82) is 0 Å². The lowest BCUT2D eigenvalue weighted by molar-refractivity contribution is -0.137. The Hall–Kier alpha value is -2.66. The number of nitrogens with zero attached hydrogens (tertiary/aromatic N) is 4. The van der Waals surface area contributed by atoms with Crippen molar-refractivity contribution in [3.63, 3.8) is 0 Å². The van der Waals surface area contributed by atoms with Gasteiger partial charge in [0.1, 0.15) is 5.82 Å².